The Morgan fingerprint density at radius 2 is 2.08 bits per heavy atom. The Labute approximate surface area is 153 Å². The highest BCUT2D eigenvalue weighted by atomic mass is 35.5. The summed E-state index contributed by atoms with van der Waals surface area (Å²) in [6.45, 7) is 1.82. The number of amides is 3. The number of carbonyl (C=O) groups is 2. The minimum atomic E-state index is -0.721. The Kier molecular flexibility index (Phi) is 3.59. The molecule has 0 bridgehead atoms. The van der Waals surface area contributed by atoms with Crippen LogP contribution in [0.15, 0.2) is 33.8 Å². The van der Waals surface area contributed by atoms with Crippen LogP contribution in [0.1, 0.15) is 17.4 Å². The van der Waals surface area contributed by atoms with Gasteiger partial charge in [0.2, 0.25) is 0 Å². The second-order valence-corrected chi connectivity index (χ2v) is 6.75. The molecule has 0 aliphatic carbocycles. The summed E-state index contributed by atoms with van der Waals surface area (Å²) in [4.78, 5) is 32.4. The van der Waals surface area contributed by atoms with Gasteiger partial charge >= 0.3 is 12.0 Å². The minimum Gasteiger partial charge on any atom is -0.390 e. The number of imide groups is 1. The van der Waals surface area contributed by atoms with Crippen molar-refractivity contribution >= 4 is 47.0 Å². The summed E-state index contributed by atoms with van der Waals surface area (Å²) in [6, 6.07) is 4.06. The number of hydrogen-bond acceptors (Lipinski definition) is 4. The Balaban J connectivity index is 1.71. The first-order valence-electron chi connectivity index (χ1n) is 7.50. The molecule has 128 valence electrons. The Morgan fingerprint density at radius 1 is 1.32 bits per heavy atom. The summed E-state index contributed by atoms with van der Waals surface area (Å²) in [5.41, 5.74) is 0.633. The van der Waals surface area contributed by atoms with Crippen LogP contribution in [0.5, 0.6) is 0 Å². The number of fused-ring (bicyclic) bond motifs is 3. The highest BCUT2D eigenvalue weighted by molar-refractivity contribution is 6.35. The van der Waals surface area contributed by atoms with E-state index < -0.39 is 12.1 Å². The topological polar surface area (TPSA) is 70.0 Å². The molecule has 1 unspecified atom stereocenters. The lowest BCUT2D eigenvalue weighted by atomic mass is 10.1. The quantitative estimate of drug-likeness (QED) is 0.753. The molecule has 3 amide bonds. The van der Waals surface area contributed by atoms with Crippen LogP contribution in [0, 0.1) is 6.92 Å². The summed E-state index contributed by atoms with van der Waals surface area (Å²) in [7, 11) is 1.58. The minimum absolute atomic E-state index is 0.0501. The number of aromatic nitrogens is 1. The van der Waals surface area contributed by atoms with E-state index in [0.717, 1.165) is 4.90 Å². The number of aryl methyl sites for hydroxylation is 1. The Morgan fingerprint density at radius 3 is 2.80 bits per heavy atom. The Bertz CT molecular complexity index is 953. The molecule has 0 saturated carbocycles. The molecule has 0 spiro atoms. The van der Waals surface area contributed by atoms with Gasteiger partial charge in [-0.2, -0.15) is 4.57 Å². The maximum Gasteiger partial charge on any atom is 0.506 e. The summed E-state index contributed by atoms with van der Waals surface area (Å²) in [6.07, 6.45) is 1.70. The molecule has 1 atom stereocenters. The molecule has 3 heterocycles. The van der Waals surface area contributed by atoms with Crippen molar-refractivity contribution in [3.63, 3.8) is 0 Å². The number of halogens is 2. The molecule has 0 radical (unpaired) electrons. The van der Waals surface area contributed by atoms with Crippen LogP contribution >= 0.6 is 23.2 Å². The van der Waals surface area contributed by atoms with Gasteiger partial charge in [0.05, 0.1) is 6.54 Å². The zero-order valence-corrected chi connectivity index (χ0v) is 14.9. The molecular weight excluding hydrogens is 367 g/mol. The number of aliphatic imine (C=N–C) groups is 1. The summed E-state index contributed by atoms with van der Waals surface area (Å²) < 4.78 is 7.10. The first-order chi connectivity index (χ1) is 11.9. The predicted molar refractivity (Wildman–Crippen MR) is 89.9 cm³/mol. The number of likely N-dealkylation sites (N-methyl/N-ethyl adjacent to an activating group) is 1. The standard InChI is InChI=1S/C16H13Cl2N4O3/c1-8-6-21-12-13(19-15(21)25-8)20(2)16(24)22(14(12)23)7-9-3-4-10(17)5-11(9)18/h3-6,12H,7H2,1-2H3/q+1. The van der Waals surface area contributed by atoms with E-state index in [2.05, 4.69) is 4.99 Å². The predicted octanol–water partition coefficient (Wildman–Crippen LogP) is 2.86. The average Bonchev–Trinajstić information content (AvgIpc) is 3.07. The molecule has 25 heavy (non-hydrogen) atoms. The molecule has 2 aliphatic rings. The fraction of sp³-hybridized carbons (Fsp3) is 0.250. The number of carbonyl (C=O) groups excluding carboxylic acids is 2. The van der Waals surface area contributed by atoms with Gasteiger partial charge in [-0.3, -0.25) is 14.6 Å². The van der Waals surface area contributed by atoms with Crippen molar-refractivity contribution in [1.29, 1.82) is 0 Å². The van der Waals surface area contributed by atoms with E-state index in [0.29, 0.717) is 33.2 Å². The smallest absolute Gasteiger partial charge is 0.390 e. The van der Waals surface area contributed by atoms with Gasteiger partial charge in [0.15, 0.2) is 0 Å². The molecule has 1 saturated heterocycles. The summed E-state index contributed by atoms with van der Waals surface area (Å²) in [5, 5.41) is 0.885. The van der Waals surface area contributed by atoms with Gasteiger partial charge in [-0.1, -0.05) is 29.3 Å². The lowest BCUT2D eigenvalue weighted by molar-refractivity contribution is -0.679. The molecule has 1 aromatic carbocycles. The van der Waals surface area contributed by atoms with Crippen molar-refractivity contribution in [3.05, 3.63) is 45.8 Å². The van der Waals surface area contributed by atoms with E-state index in [1.807, 2.05) is 0 Å². The third kappa shape index (κ3) is 2.42. The van der Waals surface area contributed by atoms with E-state index in [1.54, 1.807) is 42.9 Å². The van der Waals surface area contributed by atoms with Crippen LogP contribution in [0.25, 0.3) is 0 Å². The van der Waals surface area contributed by atoms with Crippen molar-refractivity contribution in [3.8, 4) is 0 Å². The van der Waals surface area contributed by atoms with Gasteiger partial charge in [0, 0.05) is 22.1 Å². The van der Waals surface area contributed by atoms with Gasteiger partial charge in [0.25, 0.3) is 17.8 Å². The highest BCUT2D eigenvalue weighted by Gasteiger charge is 2.55. The highest BCUT2D eigenvalue weighted by Crippen LogP contribution is 2.30. The second kappa shape index (κ2) is 5.57. The summed E-state index contributed by atoms with van der Waals surface area (Å²) >= 11 is 12.1. The van der Waals surface area contributed by atoms with Crippen LogP contribution in [0.4, 0.5) is 10.8 Å². The first-order valence-corrected chi connectivity index (χ1v) is 8.25. The molecule has 4 rings (SSSR count). The monoisotopic (exact) mass is 379 g/mol. The lowest BCUT2D eigenvalue weighted by Crippen LogP contribution is -2.62. The van der Waals surface area contributed by atoms with Crippen molar-refractivity contribution in [2.75, 3.05) is 7.05 Å². The lowest BCUT2D eigenvalue weighted by Gasteiger charge is -2.32. The van der Waals surface area contributed by atoms with Crippen molar-refractivity contribution < 1.29 is 18.6 Å². The van der Waals surface area contributed by atoms with Crippen LogP contribution in [0.3, 0.4) is 0 Å². The van der Waals surface area contributed by atoms with Crippen molar-refractivity contribution in [2.24, 2.45) is 4.99 Å². The number of amidine groups is 1. The molecule has 7 nitrogen and oxygen atoms in total. The van der Waals surface area contributed by atoms with Gasteiger partial charge in [-0.05, 0) is 24.6 Å². The maximum atomic E-state index is 13.0. The van der Waals surface area contributed by atoms with E-state index in [-0.39, 0.29) is 12.5 Å². The number of urea groups is 1. The van der Waals surface area contributed by atoms with Gasteiger partial charge in [-0.15, -0.1) is 0 Å². The number of rotatable bonds is 2. The number of nitrogens with zero attached hydrogens (tertiary/aromatic N) is 4. The van der Waals surface area contributed by atoms with Crippen LogP contribution in [-0.2, 0) is 11.3 Å². The third-order valence-electron chi connectivity index (χ3n) is 4.23. The molecule has 1 aromatic heterocycles. The molecule has 2 aliphatic heterocycles. The SMILES string of the molecule is Cc1c[n+]2c(o1)N=C1C2C(=O)N(Cc2ccc(Cl)cc2Cl)C(=O)N1C. The maximum absolute atomic E-state index is 13.0. The van der Waals surface area contributed by atoms with Gasteiger partial charge in [0.1, 0.15) is 12.0 Å². The normalized spacial score (nSPS) is 19.2. The van der Waals surface area contributed by atoms with Gasteiger partial charge < -0.3 is 4.42 Å². The molecule has 0 N–H and O–H groups in total. The largest absolute Gasteiger partial charge is 0.506 e. The fourth-order valence-electron chi connectivity index (χ4n) is 3.00. The molecular formula is C16H13Cl2N4O3+. The first kappa shape index (κ1) is 16.1. The van der Waals surface area contributed by atoms with Crippen molar-refractivity contribution in [2.45, 2.75) is 19.5 Å². The third-order valence-corrected chi connectivity index (χ3v) is 4.82. The summed E-state index contributed by atoms with van der Waals surface area (Å²) in [5.74, 6) is 0.613. The number of oxazole rings is 1. The van der Waals surface area contributed by atoms with Crippen LogP contribution < -0.4 is 4.57 Å². The van der Waals surface area contributed by atoms with E-state index in [1.165, 1.54) is 4.90 Å². The zero-order chi connectivity index (χ0) is 17.9. The van der Waals surface area contributed by atoms with Gasteiger partial charge in [-0.25, -0.2) is 4.79 Å². The molecule has 9 heteroatoms. The number of hydrogen-bond donors (Lipinski definition) is 0. The van der Waals surface area contributed by atoms with Crippen LogP contribution in [0.2, 0.25) is 10.0 Å². The number of benzene rings is 1. The van der Waals surface area contributed by atoms with Crippen LogP contribution in [-0.4, -0.2) is 34.6 Å². The molecule has 2 aromatic rings. The zero-order valence-electron chi connectivity index (χ0n) is 13.4. The van der Waals surface area contributed by atoms with E-state index in [9.17, 15) is 9.59 Å². The van der Waals surface area contributed by atoms with E-state index in [4.69, 9.17) is 27.6 Å². The van der Waals surface area contributed by atoms with Crippen molar-refractivity contribution in [1.82, 2.24) is 9.80 Å². The van der Waals surface area contributed by atoms with E-state index >= 15 is 0 Å². The average molecular weight is 380 g/mol. The molecule has 1 fully saturated rings. The fourth-order valence-corrected chi connectivity index (χ4v) is 3.47. The second-order valence-electron chi connectivity index (χ2n) is 5.91. The Hall–Kier alpha value is -2.38.